The maximum absolute atomic E-state index is 12.9. The lowest BCUT2D eigenvalue weighted by Crippen LogP contribution is -2.44. The van der Waals surface area contributed by atoms with Gasteiger partial charge < -0.3 is 38.6 Å². The van der Waals surface area contributed by atoms with E-state index in [9.17, 15) is 9.59 Å². The number of unbranched alkanes of at least 4 members (excludes halogenated alkanes) is 2. The van der Waals surface area contributed by atoms with Crippen LogP contribution in [-0.2, 0) is 23.2 Å². The zero-order chi connectivity index (χ0) is 47.7. The van der Waals surface area contributed by atoms with E-state index < -0.39 is 17.0 Å². The molecule has 13 nitrogen and oxygen atoms in total. The van der Waals surface area contributed by atoms with Gasteiger partial charge in [-0.15, -0.1) is 0 Å². The molecule has 61 heavy (non-hydrogen) atoms. The highest BCUT2D eigenvalue weighted by molar-refractivity contribution is 7.47. The fourth-order valence-corrected chi connectivity index (χ4v) is 12.5. The lowest BCUT2D eigenvalue weighted by Gasteiger charge is -2.45. The van der Waals surface area contributed by atoms with Gasteiger partial charge in [-0.2, -0.15) is 0 Å². The normalized spacial score (nSPS) is 20.3. The van der Waals surface area contributed by atoms with E-state index in [1.807, 2.05) is 4.90 Å². The Morgan fingerprint density at radius 3 is 1.79 bits per heavy atom. The quantitative estimate of drug-likeness (QED) is 0.0400. The molecule has 1 aliphatic heterocycles. The zero-order valence-corrected chi connectivity index (χ0v) is 42.2. The Kier molecular flexibility index (Phi) is 26.7. The van der Waals surface area contributed by atoms with Gasteiger partial charge in [0.05, 0.1) is 6.61 Å². The average molecular weight is 900 g/mol. The first kappa shape index (κ1) is 53.6. The van der Waals surface area contributed by atoms with Crippen molar-refractivity contribution < 1.29 is 29.6 Å². The van der Waals surface area contributed by atoms with Gasteiger partial charge in [-0.3, -0.25) is 9.59 Å². The van der Waals surface area contributed by atoms with Crippen molar-refractivity contribution in [2.24, 2.45) is 23.2 Å². The molecule has 2 amide bonds. The van der Waals surface area contributed by atoms with E-state index in [-0.39, 0.29) is 42.1 Å². The summed E-state index contributed by atoms with van der Waals surface area (Å²) >= 11 is 0. The second kappa shape index (κ2) is 30.4. The third-order valence-electron chi connectivity index (χ3n) is 11.2. The van der Waals surface area contributed by atoms with Crippen molar-refractivity contribution >= 4 is 28.8 Å². The molecule has 1 saturated heterocycles. The molecule has 3 rings (SSSR count). The van der Waals surface area contributed by atoms with Crippen LogP contribution in [0.3, 0.4) is 0 Å². The number of allylic oxidation sites excluding steroid dienone is 2. The first-order valence-electron chi connectivity index (χ1n) is 24.0. The van der Waals surface area contributed by atoms with Crippen molar-refractivity contribution in [3.05, 3.63) is 35.0 Å². The van der Waals surface area contributed by atoms with Crippen molar-refractivity contribution in [3.63, 3.8) is 0 Å². The van der Waals surface area contributed by atoms with Crippen molar-refractivity contribution in [1.29, 1.82) is 1.43 Å². The SMILES string of the molecule is [3H]CC1(COP(OCC[N+]#[C-])N(C(C)C)C(C)C)CCN(C(=O)CCCCCNC(=O)C2CC3C=CC2C3)CC1.[3H]OC.[C-]#[N+]CCOP(N(C(C)C)C(C)C)N(C(C)C)C(C)C. The number of likely N-dealkylation sites (tertiary alicyclic amines) is 1. The lowest BCUT2D eigenvalue weighted by atomic mass is 9.81. The average Bonchev–Trinajstić information content (AvgIpc) is 3.86. The monoisotopic (exact) mass is 900 g/mol. The van der Waals surface area contributed by atoms with Crippen LogP contribution in [-0.4, -0.2) is 133 Å². The summed E-state index contributed by atoms with van der Waals surface area (Å²) in [5.41, 5.74) is -0.285. The van der Waals surface area contributed by atoms with E-state index in [1.165, 1.54) is 7.11 Å². The highest BCUT2D eigenvalue weighted by Crippen LogP contribution is 2.51. The molecule has 2 aliphatic carbocycles. The standard InChI is InChI=1S/C30H51N4O4P.C15H32N3OP.CH4O/c1-23(2)34(24(3)4)39(37-19-16-31-6)38-22-30(5)13-17-33(18-14-30)28(35)10-8-7-9-15-32-29(36)27-21-25-11-12-26(27)20-25;1-12(2)17(13(3)4)20(19-11-10-16-9)18(14(5)6)15(7)8;1-2/h11-12,23-27H,7-10,13-22H2,1-5H3,(H,32,36);12-15H,10-11H2,1-8H3;2H,1H3/i5T;;2T. The zero-order valence-electron chi connectivity index (χ0n) is 42.4. The molecule has 1 heterocycles. The number of carbonyl (C=O) groups excluding carboxylic acids is 2. The molecule has 15 heteroatoms. The highest BCUT2D eigenvalue weighted by atomic mass is 31.2. The number of aliphatic hydroxyl groups excluding tert-OH is 1. The molecule has 2 N–H and O–H groups in total. The Balaban J connectivity index is 0.000000725. The second-order valence-electron chi connectivity index (χ2n) is 18.3. The smallest absolute Gasteiger partial charge is 0.259 e. The molecule has 3 aliphatic rings. The summed E-state index contributed by atoms with van der Waals surface area (Å²) in [7, 11) is -0.867. The van der Waals surface area contributed by atoms with Gasteiger partial charge in [-0.25, -0.2) is 27.2 Å². The van der Waals surface area contributed by atoms with Gasteiger partial charge >= 0.3 is 0 Å². The van der Waals surface area contributed by atoms with Gasteiger partial charge in [-0.05, 0) is 139 Å². The minimum Gasteiger partial charge on any atom is -0.400 e. The van der Waals surface area contributed by atoms with E-state index in [4.69, 9.17) is 29.5 Å². The molecule has 2 bridgehead atoms. The van der Waals surface area contributed by atoms with E-state index in [2.05, 4.69) is 129 Å². The number of piperidine rings is 1. The fraction of sp³-hybridized carbons (Fsp3) is 0.870. The van der Waals surface area contributed by atoms with Crippen molar-refractivity contribution in [2.75, 3.05) is 59.7 Å². The molecule has 4 atom stereocenters. The van der Waals surface area contributed by atoms with Gasteiger partial charge in [0, 0.05) is 76.7 Å². The van der Waals surface area contributed by atoms with Crippen LogP contribution in [0.1, 0.15) is 143 Å². The van der Waals surface area contributed by atoms with Crippen LogP contribution in [0.5, 0.6) is 0 Å². The van der Waals surface area contributed by atoms with E-state index in [0.29, 0.717) is 95.0 Å². The molecule has 0 aromatic heterocycles. The predicted molar refractivity (Wildman–Crippen MR) is 253 cm³/mol. The predicted octanol–water partition coefficient (Wildman–Crippen LogP) is 9.80. The minimum atomic E-state index is -1.33. The highest BCUT2D eigenvalue weighted by Gasteiger charge is 2.40. The number of nitrogens with zero attached hydrogens (tertiary/aromatic N) is 6. The Morgan fingerprint density at radius 1 is 0.820 bits per heavy atom. The first-order valence-corrected chi connectivity index (χ1v) is 25.2. The largest absolute Gasteiger partial charge is 0.400 e. The summed E-state index contributed by atoms with van der Waals surface area (Å²) in [6.07, 6.45) is 11.3. The van der Waals surface area contributed by atoms with Crippen LogP contribution in [0.4, 0.5) is 0 Å². The molecular weight excluding hydrogens is 808 g/mol. The minimum absolute atomic E-state index is 0.158. The summed E-state index contributed by atoms with van der Waals surface area (Å²) in [6.45, 7) is 44.5. The third kappa shape index (κ3) is 19.9. The molecule has 0 aromatic rings. The number of carbonyl (C=O) groups is 2. The van der Waals surface area contributed by atoms with Crippen LogP contribution in [0, 0.1) is 36.3 Å². The Morgan fingerprint density at radius 2 is 1.34 bits per heavy atom. The van der Waals surface area contributed by atoms with Crippen LogP contribution < -0.4 is 5.32 Å². The molecule has 352 valence electrons. The number of amides is 2. The topological polar surface area (TPSA) is 116 Å². The van der Waals surface area contributed by atoms with Crippen LogP contribution in [0.2, 0.25) is 0 Å². The number of hydrogen-bond donors (Lipinski definition) is 2. The Hall–Kier alpha value is -1.76. The van der Waals surface area contributed by atoms with Gasteiger partial charge in [0.25, 0.3) is 8.53 Å². The van der Waals surface area contributed by atoms with Crippen LogP contribution >= 0.6 is 17.0 Å². The maximum Gasteiger partial charge on any atom is 0.259 e. The summed E-state index contributed by atoms with van der Waals surface area (Å²) in [5, 5.41) is 6.61. The van der Waals surface area contributed by atoms with Gasteiger partial charge in [-0.1, -0.05) is 25.5 Å². The maximum atomic E-state index is 12.9. The second-order valence-corrected chi connectivity index (χ2v) is 21.4. The number of hydrogen-bond acceptors (Lipinski definition) is 9. The number of fused-ring (bicyclic) bond motifs is 2. The number of aliphatic hydroxyl groups is 1. The fourth-order valence-electron chi connectivity index (χ4n) is 8.44. The number of rotatable bonds is 25. The molecule has 2 fully saturated rings. The molecule has 0 spiro atoms. The Bertz CT molecular complexity index is 1350. The summed E-state index contributed by atoms with van der Waals surface area (Å²) in [6, 6.07) is 2.18. The molecule has 1 saturated carbocycles. The molecule has 4 unspecified atom stereocenters. The van der Waals surface area contributed by atoms with E-state index >= 15 is 0 Å². The Labute approximate surface area is 378 Å². The van der Waals surface area contributed by atoms with Gasteiger partial charge in [0.1, 0.15) is 13.2 Å². The van der Waals surface area contributed by atoms with Crippen molar-refractivity contribution in [3.8, 4) is 0 Å². The third-order valence-corrected chi connectivity index (χ3v) is 16.3. The van der Waals surface area contributed by atoms with Crippen LogP contribution in [0.15, 0.2) is 12.2 Å². The van der Waals surface area contributed by atoms with E-state index in [1.54, 1.807) is 0 Å². The molecule has 0 aromatic carbocycles. The summed E-state index contributed by atoms with van der Waals surface area (Å²) in [5.74, 6) is 1.59. The number of nitrogens with one attached hydrogen (secondary N) is 1. The van der Waals surface area contributed by atoms with Crippen LogP contribution in [0.25, 0.3) is 9.69 Å². The molecule has 0 radical (unpaired) electrons. The summed E-state index contributed by atoms with van der Waals surface area (Å²) in [4.78, 5) is 34.1. The molecular formula is C46H87N7O6P2. The summed E-state index contributed by atoms with van der Waals surface area (Å²) < 4.78 is 39.7. The van der Waals surface area contributed by atoms with Gasteiger partial charge in [0.2, 0.25) is 26.3 Å². The van der Waals surface area contributed by atoms with Crippen molar-refractivity contribution in [2.45, 2.75) is 178 Å². The van der Waals surface area contributed by atoms with Crippen molar-refractivity contribution in [1.82, 2.24) is 24.2 Å². The first-order chi connectivity index (χ1) is 29.8. The van der Waals surface area contributed by atoms with Gasteiger partial charge in [0.15, 0.2) is 8.45 Å². The van der Waals surface area contributed by atoms with E-state index in [0.717, 1.165) is 44.9 Å². The lowest BCUT2D eigenvalue weighted by molar-refractivity contribution is -0.134.